The van der Waals surface area contributed by atoms with E-state index in [1.165, 1.54) is 18.0 Å². The Bertz CT molecular complexity index is 582. The van der Waals surface area contributed by atoms with Crippen molar-refractivity contribution in [1.29, 1.82) is 0 Å². The van der Waals surface area contributed by atoms with Crippen LogP contribution in [0.4, 0.5) is 0 Å². The fourth-order valence-corrected chi connectivity index (χ4v) is 2.36. The van der Waals surface area contributed by atoms with Crippen LogP contribution >= 0.6 is 15.9 Å². The molecule has 1 saturated carbocycles. The van der Waals surface area contributed by atoms with Gasteiger partial charge < -0.3 is 19.7 Å². The fourth-order valence-electron chi connectivity index (χ4n) is 2.05. The van der Waals surface area contributed by atoms with Gasteiger partial charge in [-0.2, -0.15) is 0 Å². The molecule has 1 atom stereocenters. The molecule has 0 aliphatic heterocycles. The quantitative estimate of drug-likeness (QED) is 0.754. The van der Waals surface area contributed by atoms with Gasteiger partial charge in [-0.15, -0.1) is 0 Å². The van der Waals surface area contributed by atoms with Crippen molar-refractivity contribution in [1.82, 2.24) is 10.2 Å². The van der Waals surface area contributed by atoms with Gasteiger partial charge in [0.25, 0.3) is 5.91 Å². The Labute approximate surface area is 135 Å². The molecule has 7 nitrogen and oxygen atoms in total. The number of hydrogen-bond acceptors (Lipinski definition) is 4. The van der Waals surface area contributed by atoms with Gasteiger partial charge >= 0.3 is 5.97 Å². The summed E-state index contributed by atoms with van der Waals surface area (Å²) in [4.78, 5) is 36.2. The van der Waals surface area contributed by atoms with Crippen molar-refractivity contribution in [2.45, 2.75) is 25.3 Å². The number of aliphatic carboxylic acids is 1. The van der Waals surface area contributed by atoms with E-state index in [1.807, 2.05) is 0 Å². The van der Waals surface area contributed by atoms with Crippen molar-refractivity contribution in [3.63, 3.8) is 0 Å². The molecule has 2 N–H and O–H groups in total. The van der Waals surface area contributed by atoms with E-state index < -0.39 is 23.8 Å². The Morgan fingerprint density at radius 2 is 2.14 bits per heavy atom. The molecule has 0 radical (unpaired) electrons. The van der Waals surface area contributed by atoms with Gasteiger partial charge in [-0.05, 0) is 40.4 Å². The molecule has 120 valence electrons. The highest BCUT2D eigenvalue weighted by molar-refractivity contribution is 9.10. The minimum atomic E-state index is -1.05. The molecule has 1 fully saturated rings. The van der Waals surface area contributed by atoms with Gasteiger partial charge in [0, 0.05) is 7.05 Å². The fraction of sp³-hybridized carbons (Fsp3) is 0.500. The molecule has 2 amide bonds. The van der Waals surface area contributed by atoms with E-state index in [-0.39, 0.29) is 12.3 Å². The Morgan fingerprint density at radius 1 is 1.45 bits per heavy atom. The minimum absolute atomic E-state index is 0.106. The number of nitrogens with one attached hydrogen (secondary N) is 1. The lowest BCUT2D eigenvalue weighted by atomic mass is 10.1. The first kappa shape index (κ1) is 16.5. The molecule has 1 unspecified atom stereocenters. The zero-order chi connectivity index (χ0) is 16.3. The topological polar surface area (TPSA) is 99.9 Å². The van der Waals surface area contributed by atoms with Crippen LogP contribution < -0.4 is 5.32 Å². The lowest BCUT2D eigenvalue weighted by Gasteiger charge is -2.18. The second-order valence-corrected chi connectivity index (χ2v) is 6.18. The predicted molar refractivity (Wildman–Crippen MR) is 80.3 cm³/mol. The number of likely N-dealkylation sites (N-methyl/N-ethyl adjacent to an activating group) is 1. The average molecular weight is 373 g/mol. The molecule has 1 aliphatic rings. The van der Waals surface area contributed by atoms with Crippen LogP contribution in [0, 0.1) is 5.92 Å². The molecule has 0 saturated heterocycles. The standard InChI is InChI=1S/C14H17BrN2O5/c1-17(13(19)10-4-5-11(15)22-10)7-12(18)16-9(14(20)21)6-8-2-3-8/h4-5,8-9H,2-3,6-7H2,1H3,(H,16,18)(H,20,21). The molecule has 0 bridgehead atoms. The van der Waals surface area contributed by atoms with E-state index in [0.717, 1.165) is 12.8 Å². The Hall–Kier alpha value is -1.83. The van der Waals surface area contributed by atoms with Crippen molar-refractivity contribution < 1.29 is 23.9 Å². The van der Waals surface area contributed by atoms with E-state index >= 15 is 0 Å². The van der Waals surface area contributed by atoms with Gasteiger partial charge in [0.05, 0.1) is 6.54 Å². The van der Waals surface area contributed by atoms with Gasteiger partial charge in [-0.3, -0.25) is 9.59 Å². The number of amides is 2. The smallest absolute Gasteiger partial charge is 0.326 e. The molecular weight excluding hydrogens is 356 g/mol. The first-order chi connectivity index (χ1) is 10.4. The predicted octanol–water partition coefficient (Wildman–Crippen LogP) is 1.48. The Kier molecular flexibility index (Phi) is 5.23. The summed E-state index contributed by atoms with van der Waals surface area (Å²) in [6, 6.07) is 2.17. The highest BCUT2D eigenvalue weighted by atomic mass is 79.9. The first-order valence-electron chi connectivity index (χ1n) is 6.89. The number of carboxylic acids is 1. The summed E-state index contributed by atoms with van der Waals surface area (Å²) < 4.78 is 5.55. The van der Waals surface area contributed by atoms with Gasteiger partial charge in [0.2, 0.25) is 5.91 Å². The van der Waals surface area contributed by atoms with Crippen LogP contribution in [0.15, 0.2) is 21.2 Å². The lowest BCUT2D eigenvalue weighted by Crippen LogP contribution is -2.46. The highest BCUT2D eigenvalue weighted by Crippen LogP contribution is 2.33. The summed E-state index contributed by atoms with van der Waals surface area (Å²) in [6.07, 6.45) is 2.45. The zero-order valence-corrected chi connectivity index (χ0v) is 13.6. The summed E-state index contributed by atoms with van der Waals surface area (Å²) >= 11 is 3.10. The molecule has 0 spiro atoms. The maximum absolute atomic E-state index is 12.0. The monoisotopic (exact) mass is 372 g/mol. The summed E-state index contributed by atoms with van der Waals surface area (Å²) in [7, 11) is 1.45. The van der Waals surface area contributed by atoms with Gasteiger partial charge in [-0.1, -0.05) is 12.8 Å². The molecule has 8 heteroatoms. The first-order valence-corrected chi connectivity index (χ1v) is 7.69. The second kappa shape index (κ2) is 6.95. The molecule has 0 aromatic carbocycles. The molecule has 1 aromatic heterocycles. The van der Waals surface area contributed by atoms with Crippen LogP contribution in [0.25, 0.3) is 0 Å². The maximum atomic E-state index is 12.0. The van der Waals surface area contributed by atoms with E-state index in [2.05, 4.69) is 21.2 Å². The molecule has 1 heterocycles. The third-order valence-corrected chi connectivity index (χ3v) is 3.84. The number of hydrogen-bond donors (Lipinski definition) is 2. The molecule has 2 rings (SSSR count). The highest BCUT2D eigenvalue weighted by Gasteiger charge is 2.30. The van der Waals surface area contributed by atoms with Crippen LogP contribution in [0.3, 0.4) is 0 Å². The maximum Gasteiger partial charge on any atom is 0.326 e. The number of furan rings is 1. The lowest BCUT2D eigenvalue weighted by molar-refractivity contribution is -0.142. The summed E-state index contributed by atoms with van der Waals surface area (Å²) in [5.74, 6) is -1.52. The molecule has 1 aliphatic carbocycles. The summed E-state index contributed by atoms with van der Waals surface area (Å²) in [5.41, 5.74) is 0. The molecular formula is C14H17BrN2O5. The number of rotatable bonds is 7. The Morgan fingerprint density at radius 3 is 2.64 bits per heavy atom. The van der Waals surface area contributed by atoms with Crippen molar-refractivity contribution in [3.05, 3.63) is 22.6 Å². The van der Waals surface area contributed by atoms with Crippen molar-refractivity contribution >= 4 is 33.7 Å². The van der Waals surface area contributed by atoms with E-state index in [1.54, 1.807) is 6.07 Å². The second-order valence-electron chi connectivity index (χ2n) is 5.40. The van der Waals surface area contributed by atoms with Crippen LogP contribution in [0.1, 0.15) is 29.8 Å². The van der Waals surface area contributed by atoms with E-state index in [4.69, 9.17) is 9.52 Å². The van der Waals surface area contributed by atoms with Gasteiger partial charge in [0.15, 0.2) is 10.4 Å². The third-order valence-electron chi connectivity index (χ3n) is 3.41. The summed E-state index contributed by atoms with van der Waals surface area (Å²) in [5, 5.41) is 11.6. The molecule has 1 aromatic rings. The molecule has 22 heavy (non-hydrogen) atoms. The SMILES string of the molecule is CN(CC(=O)NC(CC1CC1)C(=O)O)C(=O)c1ccc(Br)o1. The van der Waals surface area contributed by atoms with E-state index in [9.17, 15) is 14.4 Å². The minimum Gasteiger partial charge on any atom is -0.480 e. The number of carbonyl (C=O) groups excluding carboxylic acids is 2. The number of carbonyl (C=O) groups is 3. The van der Waals surface area contributed by atoms with Crippen molar-refractivity contribution in [3.8, 4) is 0 Å². The van der Waals surface area contributed by atoms with Crippen LogP contribution in [0.2, 0.25) is 0 Å². The van der Waals surface area contributed by atoms with Crippen molar-refractivity contribution in [2.75, 3.05) is 13.6 Å². The van der Waals surface area contributed by atoms with Gasteiger partial charge in [0.1, 0.15) is 6.04 Å². The number of nitrogens with zero attached hydrogens (tertiary/aromatic N) is 1. The van der Waals surface area contributed by atoms with Crippen molar-refractivity contribution in [2.24, 2.45) is 5.92 Å². The number of halogens is 1. The van der Waals surface area contributed by atoms with Crippen LogP contribution in [-0.2, 0) is 9.59 Å². The van der Waals surface area contributed by atoms with Gasteiger partial charge in [-0.25, -0.2) is 4.79 Å². The van der Waals surface area contributed by atoms with Crippen LogP contribution in [-0.4, -0.2) is 47.4 Å². The van der Waals surface area contributed by atoms with Crippen LogP contribution in [0.5, 0.6) is 0 Å². The normalized spacial score (nSPS) is 15.2. The largest absolute Gasteiger partial charge is 0.480 e. The Balaban J connectivity index is 1.86. The average Bonchev–Trinajstić information content (AvgIpc) is 3.16. The number of carboxylic acid groups (broad SMARTS) is 1. The third kappa shape index (κ3) is 4.59. The van der Waals surface area contributed by atoms with E-state index in [0.29, 0.717) is 17.0 Å². The zero-order valence-electron chi connectivity index (χ0n) is 12.0. The summed E-state index contributed by atoms with van der Waals surface area (Å²) in [6.45, 7) is -0.231.